The van der Waals surface area contributed by atoms with E-state index < -0.39 is 43.0 Å². The summed E-state index contributed by atoms with van der Waals surface area (Å²) in [5.41, 5.74) is 0.504. The Balaban J connectivity index is 2.19. The molecule has 1 fully saturated rings. The van der Waals surface area contributed by atoms with Gasteiger partial charge in [0.05, 0.1) is 17.5 Å². The van der Waals surface area contributed by atoms with Crippen molar-refractivity contribution in [2.75, 3.05) is 13.1 Å². The molecule has 0 saturated carbocycles. The summed E-state index contributed by atoms with van der Waals surface area (Å²) in [6.45, 7) is 2.44. The van der Waals surface area contributed by atoms with Crippen molar-refractivity contribution in [2.24, 2.45) is 11.8 Å². The van der Waals surface area contributed by atoms with Gasteiger partial charge in [0.1, 0.15) is 0 Å². The van der Waals surface area contributed by atoms with Gasteiger partial charge in [0.15, 0.2) is 0 Å². The molecule has 2 rings (SSSR count). The van der Waals surface area contributed by atoms with Crippen molar-refractivity contribution in [2.45, 2.75) is 25.9 Å². The fraction of sp³-hybridized carbons (Fsp3) is 0.615. The van der Waals surface area contributed by atoms with Crippen LogP contribution >= 0.6 is 0 Å². The average Bonchev–Trinajstić information content (AvgIpc) is 3.04. The largest absolute Gasteiger partial charge is 0.481 e. The Labute approximate surface area is 123 Å². The molecule has 0 spiro atoms. The first-order chi connectivity index (χ1) is 10.1. The maximum atomic E-state index is 12.9. The maximum absolute atomic E-state index is 12.9. The normalized spacial score (nSPS) is 22.4. The lowest BCUT2D eigenvalue weighted by Crippen LogP contribution is -2.34. The number of aliphatic carboxylic acids is 1. The van der Waals surface area contributed by atoms with Gasteiger partial charge in [-0.2, -0.15) is 13.2 Å². The molecule has 0 aliphatic carbocycles. The average molecular weight is 320 g/mol. The number of nitrogens with zero attached hydrogens (tertiary/aromatic N) is 2. The lowest BCUT2D eigenvalue weighted by molar-refractivity contribution is -0.187. The topological polar surface area (TPSA) is 83.6 Å². The highest BCUT2D eigenvalue weighted by atomic mass is 19.4. The molecule has 122 valence electrons. The molecule has 1 aromatic heterocycles. The second kappa shape index (κ2) is 5.62. The number of halogens is 3. The molecular weight excluding hydrogens is 305 g/mol. The van der Waals surface area contributed by atoms with Gasteiger partial charge in [-0.05, 0) is 5.92 Å². The summed E-state index contributed by atoms with van der Waals surface area (Å²) in [6.07, 6.45) is -4.68. The second-order valence-corrected chi connectivity index (χ2v) is 5.57. The first kappa shape index (κ1) is 16.3. The molecule has 0 unspecified atom stereocenters. The fourth-order valence-corrected chi connectivity index (χ4v) is 2.37. The Morgan fingerprint density at radius 1 is 1.41 bits per heavy atom. The summed E-state index contributed by atoms with van der Waals surface area (Å²) in [4.78, 5) is 24.0. The van der Waals surface area contributed by atoms with Crippen LogP contribution < -0.4 is 0 Å². The first-order valence-corrected chi connectivity index (χ1v) is 6.66. The van der Waals surface area contributed by atoms with Gasteiger partial charge < -0.3 is 14.5 Å². The molecule has 0 radical (unpaired) electrons. The summed E-state index contributed by atoms with van der Waals surface area (Å²) in [6, 6.07) is 1.36. The Hall–Kier alpha value is -2.06. The summed E-state index contributed by atoms with van der Waals surface area (Å²) < 4.78 is 43.5. The van der Waals surface area contributed by atoms with Crippen LogP contribution in [0.15, 0.2) is 10.6 Å². The zero-order valence-electron chi connectivity index (χ0n) is 11.9. The predicted molar refractivity (Wildman–Crippen MR) is 67.2 cm³/mol. The van der Waals surface area contributed by atoms with Crippen LogP contribution in [0.1, 0.15) is 36.0 Å². The molecular formula is C13H15F3N2O4. The number of hydrogen-bond donors (Lipinski definition) is 1. The van der Waals surface area contributed by atoms with Gasteiger partial charge >= 0.3 is 12.1 Å². The van der Waals surface area contributed by atoms with Crippen molar-refractivity contribution < 1.29 is 32.4 Å². The smallest absolute Gasteiger partial charge is 0.394 e. The number of carbonyl (C=O) groups is 2. The minimum Gasteiger partial charge on any atom is -0.481 e. The molecule has 0 bridgehead atoms. The summed E-state index contributed by atoms with van der Waals surface area (Å²) >= 11 is 0. The molecule has 6 nitrogen and oxygen atoms in total. The number of aromatic nitrogens is 1. The van der Waals surface area contributed by atoms with Crippen LogP contribution in [0.2, 0.25) is 0 Å². The minimum absolute atomic E-state index is 0.00132. The molecule has 9 heteroatoms. The third-order valence-corrected chi connectivity index (χ3v) is 3.68. The minimum atomic E-state index is -4.68. The Morgan fingerprint density at radius 3 is 2.45 bits per heavy atom. The number of rotatable bonds is 3. The van der Waals surface area contributed by atoms with Gasteiger partial charge in [0.2, 0.25) is 5.76 Å². The number of carboxylic acid groups (broad SMARTS) is 1. The van der Waals surface area contributed by atoms with E-state index in [-0.39, 0.29) is 11.7 Å². The third kappa shape index (κ3) is 3.07. The quantitative estimate of drug-likeness (QED) is 0.922. The number of carboxylic acids is 1. The Morgan fingerprint density at radius 2 is 2.05 bits per heavy atom. The van der Waals surface area contributed by atoms with Crippen LogP contribution in [0.4, 0.5) is 13.2 Å². The SMILES string of the molecule is CC(C)c1cc(C(=O)N2C[C@@H](C(F)(F)F)[C@H](C(=O)O)C2)on1. The van der Waals surface area contributed by atoms with Gasteiger partial charge in [-0.25, -0.2) is 0 Å². The van der Waals surface area contributed by atoms with Crippen molar-refractivity contribution >= 4 is 11.9 Å². The summed E-state index contributed by atoms with van der Waals surface area (Å²) in [7, 11) is 0. The van der Waals surface area contributed by atoms with Crippen molar-refractivity contribution in [1.29, 1.82) is 0 Å². The zero-order valence-corrected chi connectivity index (χ0v) is 11.9. The van der Waals surface area contributed by atoms with E-state index in [0.29, 0.717) is 5.69 Å². The van der Waals surface area contributed by atoms with E-state index >= 15 is 0 Å². The molecule has 1 amide bonds. The van der Waals surface area contributed by atoms with E-state index in [2.05, 4.69) is 5.16 Å². The maximum Gasteiger partial charge on any atom is 0.394 e. The zero-order chi connectivity index (χ0) is 16.7. The number of hydrogen-bond acceptors (Lipinski definition) is 4. The van der Waals surface area contributed by atoms with Gasteiger partial charge in [-0.15, -0.1) is 0 Å². The Kier molecular flexibility index (Phi) is 4.17. The number of amides is 1. The van der Waals surface area contributed by atoms with E-state index in [9.17, 15) is 22.8 Å². The first-order valence-electron chi connectivity index (χ1n) is 6.66. The van der Waals surface area contributed by atoms with Gasteiger partial charge in [0.25, 0.3) is 5.91 Å². The molecule has 0 aromatic carbocycles. The van der Waals surface area contributed by atoms with Crippen LogP contribution in [0.25, 0.3) is 0 Å². The highest BCUT2D eigenvalue weighted by molar-refractivity contribution is 5.92. The summed E-state index contributed by atoms with van der Waals surface area (Å²) in [5.74, 6) is -6.29. The molecule has 1 aliphatic heterocycles. The van der Waals surface area contributed by atoms with E-state index in [0.717, 1.165) is 4.90 Å². The van der Waals surface area contributed by atoms with E-state index in [1.165, 1.54) is 6.07 Å². The van der Waals surface area contributed by atoms with E-state index in [4.69, 9.17) is 9.63 Å². The molecule has 1 aromatic rings. The molecule has 2 atom stereocenters. The number of alkyl halides is 3. The number of likely N-dealkylation sites (tertiary alicyclic amines) is 1. The molecule has 1 aliphatic rings. The second-order valence-electron chi connectivity index (χ2n) is 5.57. The highest BCUT2D eigenvalue weighted by Crippen LogP contribution is 2.38. The lowest BCUT2D eigenvalue weighted by Gasteiger charge is -2.17. The lowest BCUT2D eigenvalue weighted by atomic mass is 9.96. The standard InChI is InChI=1S/C13H15F3N2O4/c1-6(2)9-3-10(22-17-9)11(19)18-4-7(12(20)21)8(5-18)13(14,15)16/h3,6-8H,4-5H2,1-2H3,(H,20,21)/t7-,8-/m1/s1. The van der Waals surface area contributed by atoms with Crippen molar-refractivity contribution in [3.63, 3.8) is 0 Å². The monoisotopic (exact) mass is 320 g/mol. The fourth-order valence-electron chi connectivity index (χ4n) is 2.37. The predicted octanol–water partition coefficient (Wildman–Crippen LogP) is 2.13. The van der Waals surface area contributed by atoms with Gasteiger partial charge in [-0.3, -0.25) is 9.59 Å². The van der Waals surface area contributed by atoms with Gasteiger partial charge in [0, 0.05) is 19.2 Å². The third-order valence-electron chi connectivity index (χ3n) is 3.68. The van der Waals surface area contributed by atoms with Crippen LogP contribution in [-0.4, -0.2) is 46.3 Å². The van der Waals surface area contributed by atoms with Crippen molar-refractivity contribution in [3.05, 3.63) is 17.5 Å². The van der Waals surface area contributed by atoms with Crippen LogP contribution in [0.5, 0.6) is 0 Å². The summed E-state index contributed by atoms with van der Waals surface area (Å²) in [5, 5.41) is 12.6. The number of carbonyl (C=O) groups excluding carboxylic acids is 1. The van der Waals surface area contributed by atoms with Crippen molar-refractivity contribution in [3.8, 4) is 0 Å². The van der Waals surface area contributed by atoms with Crippen LogP contribution in [0, 0.1) is 11.8 Å². The highest BCUT2D eigenvalue weighted by Gasteiger charge is 2.53. The van der Waals surface area contributed by atoms with E-state index in [1.807, 2.05) is 13.8 Å². The van der Waals surface area contributed by atoms with Crippen molar-refractivity contribution in [1.82, 2.24) is 10.1 Å². The molecule has 1 N–H and O–H groups in total. The van der Waals surface area contributed by atoms with Crippen LogP contribution in [0.3, 0.4) is 0 Å². The van der Waals surface area contributed by atoms with Crippen LogP contribution in [-0.2, 0) is 4.79 Å². The molecule has 1 saturated heterocycles. The Bertz CT molecular complexity index is 582. The van der Waals surface area contributed by atoms with E-state index in [1.54, 1.807) is 0 Å². The molecule has 22 heavy (non-hydrogen) atoms. The molecule has 2 heterocycles. The van der Waals surface area contributed by atoms with Gasteiger partial charge in [-0.1, -0.05) is 19.0 Å².